The lowest BCUT2D eigenvalue weighted by Crippen LogP contribution is -2.44. The Balaban J connectivity index is 2.55. The molecule has 0 N–H and O–H groups in total. The van der Waals surface area contributed by atoms with Crippen molar-refractivity contribution in [2.45, 2.75) is 31.7 Å². The summed E-state index contributed by atoms with van der Waals surface area (Å²) >= 11 is 0. The van der Waals surface area contributed by atoms with Crippen LogP contribution in [-0.4, -0.2) is 37.1 Å². The third-order valence-corrected chi connectivity index (χ3v) is 2.69. The first-order chi connectivity index (χ1) is 6.79. The SMILES string of the molecule is C=CC[C@H](C(=O)OC)N1CCCCC1. The first-order valence-corrected chi connectivity index (χ1v) is 5.22. The Morgan fingerprint density at radius 2 is 2.14 bits per heavy atom. The standard InChI is InChI=1S/C11H19NO2/c1-3-7-10(11(13)14-2)12-8-5-4-6-9-12/h3,10H,1,4-9H2,2H3/t10-/m1/s1. The van der Waals surface area contributed by atoms with E-state index in [0.29, 0.717) is 6.42 Å². The van der Waals surface area contributed by atoms with Crippen LogP contribution in [0, 0.1) is 0 Å². The Kier molecular flexibility index (Phi) is 4.66. The third-order valence-electron chi connectivity index (χ3n) is 2.69. The van der Waals surface area contributed by atoms with Gasteiger partial charge >= 0.3 is 5.97 Å². The topological polar surface area (TPSA) is 29.5 Å². The summed E-state index contributed by atoms with van der Waals surface area (Å²) in [5.41, 5.74) is 0. The average Bonchev–Trinajstić information content (AvgIpc) is 2.26. The van der Waals surface area contributed by atoms with Gasteiger partial charge in [0.05, 0.1) is 7.11 Å². The number of carbonyl (C=O) groups is 1. The van der Waals surface area contributed by atoms with Crippen LogP contribution < -0.4 is 0 Å². The minimum atomic E-state index is -0.133. The lowest BCUT2D eigenvalue weighted by Gasteiger charge is -2.32. The van der Waals surface area contributed by atoms with E-state index in [4.69, 9.17) is 4.74 Å². The zero-order valence-electron chi connectivity index (χ0n) is 8.87. The summed E-state index contributed by atoms with van der Waals surface area (Å²) in [6.07, 6.45) is 6.12. The molecule has 0 unspecified atom stereocenters. The molecule has 1 atom stereocenters. The van der Waals surface area contributed by atoms with Crippen molar-refractivity contribution in [1.29, 1.82) is 0 Å². The maximum Gasteiger partial charge on any atom is 0.323 e. The molecule has 80 valence electrons. The van der Waals surface area contributed by atoms with E-state index in [1.807, 2.05) is 0 Å². The average molecular weight is 197 g/mol. The fourth-order valence-electron chi connectivity index (χ4n) is 1.92. The van der Waals surface area contributed by atoms with Crippen LogP contribution in [0.1, 0.15) is 25.7 Å². The van der Waals surface area contributed by atoms with Crippen molar-refractivity contribution >= 4 is 5.97 Å². The van der Waals surface area contributed by atoms with E-state index >= 15 is 0 Å². The molecule has 0 aromatic heterocycles. The van der Waals surface area contributed by atoms with Crippen LogP contribution in [0.5, 0.6) is 0 Å². The van der Waals surface area contributed by atoms with Gasteiger partial charge in [-0.15, -0.1) is 6.58 Å². The number of piperidine rings is 1. The van der Waals surface area contributed by atoms with Crippen LogP contribution in [-0.2, 0) is 9.53 Å². The molecule has 0 bridgehead atoms. The highest BCUT2D eigenvalue weighted by Crippen LogP contribution is 2.15. The molecule has 1 aliphatic rings. The molecular formula is C11H19NO2. The summed E-state index contributed by atoms with van der Waals surface area (Å²) in [6.45, 7) is 5.69. The van der Waals surface area contributed by atoms with Gasteiger partial charge in [0.2, 0.25) is 0 Å². The summed E-state index contributed by atoms with van der Waals surface area (Å²) in [7, 11) is 1.45. The maximum absolute atomic E-state index is 11.5. The lowest BCUT2D eigenvalue weighted by molar-refractivity contribution is -0.147. The molecule has 0 saturated carbocycles. The molecule has 1 rings (SSSR count). The van der Waals surface area contributed by atoms with Crippen LogP contribution in [0.15, 0.2) is 12.7 Å². The van der Waals surface area contributed by atoms with Crippen LogP contribution in [0.3, 0.4) is 0 Å². The van der Waals surface area contributed by atoms with Gasteiger partial charge in [0.1, 0.15) is 6.04 Å². The second-order valence-electron chi connectivity index (χ2n) is 3.66. The highest BCUT2D eigenvalue weighted by Gasteiger charge is 2.26. The van der Waals surface area contributed by atoms with Crippen LogP contribution in [0.2, 0.25) is 0 Å². The largest absolute Gasteiger partial charge is 0.468 e. The van der Waals surface area contributed by atoms with Crippen molar-refractivity contribution in [3.8, 4) is 0 Å². The molecule has 0 spiro atoms. The van der Waals surface area contributed by atoms with E-state index in [1.165, 1.54) is 26.4 Å². The molecule has 0 aromatic rings. The zero-order valence-corrected chi connectivity index (χ0v) is 8.87. The van der Waals surface area contributed by atoms with Crippen molar-refractivity contribution < 1.29 is 9.53 Å². The van der Waals surface area contributed by atoms with E-state index in [1.54, 1.807) is 6.08 Å². The zero-order chi connectivity index (χ0) is 10.4. The number of nitrogens with zero attached hydrogens (tertiary/aromatic N) is 1. The van der Waals surface area contributed by atoms with Crippen LogP contribution in [0.4, 0.5) is 0 Å². The van der Waals surface area contributed by atoms with E-state index in [-0.39, 0.29) is 12.0 Å². The third kappa shape index (κ3) is 2.84. The fourth-order valence-corrected chi connectivity index (χ4v) is 1.92. The summed E-state index contributed by atoms with van der Waals surface area (Å²) < 4.78 is 4.79. The van der Waals surface area contributed by atoms with Gasteiger partial charge in [0.15, 0.2) is 0 Å². The van der Waals surface area contributed by atoms with Crippen molar-refractivity contribution in [3.63, 3.8) is 0 Å². The van der Waals surface area contributed by atoms with Gasteiger partial charge in [-0.2, -0.15) is 0 Å². The second kappa shape index (κ2) is 5.81. The van der Waals surface area contributed by atoms with E-state index in [9.17, 15) is 4.79 Å². The molecule has 14 heavy (non-hydrogen) atoms. The Bertz CT molecular complexity index is 197. The highest BCUT2D eigenvalue weighted by atomic mass is 16.5. The van der Waals surface area contributed by atoms with Crippen molar-refractivity contribution in [2.75, 3.05) is 20.2 Å². The smallest absolute Gasteiger partial charge is 0.323 e. The van der Waals surface area contributed by atoms with Gasteiger partial charge in [0, 0.05) is 0 Å². The molecule has 0 amide bonds. The lowest BCUT2D eigenvalue weighted by atomic mass is 10.1. The number of esters is 1. The number of ether oxygens (including phenoxy) is 1. The molecule has 1 heterocycles. The normalized spacial score (nSPS) is 20.1. The number of hydrogen-bond acceptors (Lipinski definition) is 3. The van der Waals surface area contributed by atoms with Gasteiger partial charge in [-0.3, -0.25) is 9.69 Å². The molecule has 1 fully saturated rings. The fraction of sp³-hybridized carbons (Fsp3) is 0.727. The number of rotatable bonds is 4. The second-order valence-corrected chi connectivity index (χ2v) is 3.66. The number of methoxy groups -OCH3 is 1. The molecule has 0 aromatic carbocycles. The number of hydrogen-bond donors (Lipinski definition) is 0. The molecular weight excluding hydrogens is 178 g/mol. The Morgan fingerprint density at radius 3 is 2.64 bits per heavy atom. The van der Waals surface area contributed by atoms with Crippen molar-refractivity contribution in [1.82, 2.24) is 4.90 Å². The number of carbonyl (C=O) groups excluding carboxylic acids is 1. The first kappa shape index (κ1) is 11.2. The summed E-state index contributed by atoms with van der Waals surface area (Å²) in [5.74, 6) is -0.133. The van der Waals surface area contributed by atoms with Crippen molar-refractivity contribution in [3.05, 3.63) is 12.7 Å². The van der Waals surface area contributed by atoms with Gasteiger partial charge in [-0.25, -0.2) is 0 Å². The molecule has 3 nitrogen and oxygen atoms in total. The first-order valence-electron chi connectivity index (χ1n) is 5.22. The van der Waals surface area contributed by atoms with Gasteiger partial charge < -0.3 is 4.74 Å². The predicted molar refractivity (Wildman–Crippen MR) is 56.0 cm³/mol. The summed E-state index contributed by atoms with van der Waals surface area (Å²) in [4.78, 5) is 13.7. The molecule has 1 aliphatic heterocycles. The minimum absolute atomic E-state index is 0.113. The quantitative estimate of drug-likeness (QED) is 0.506. The van der Waals surface area contributed by atoms with Gasteiger partial charge in [-0.05, 0) is 32.4 Å². The van der Waals surface area contributed by atoms with Gasteiger partial charge in [0.25, 0.3) is 0 Å². The Labute approximate surface area is 85.7 Å². The Hall–Kier alpha value is -0.830. The van der Waals surface area contributed by atoms with Gasteiger partial charge in [-0.1, -0.05) is 12.5 Å². The minimum Gasteiger partial charge on any atom is -0.468 e. The predicted octanol–water partition coefficient (Wildman–Crippen LogP) is 1.59. The van der Waals surface area contributed by atoms with E-state index < -0.39 is 0 Å². The monoisotopic (exact) mass is 197 g/mol. The Morgan fingerprint density at radius 1 is 1.50 bits per heavy atom. The van der Waals surface area contributed by atoms with Crippen LogP contribution in [0.25, 0.3) is 0 Å². The molecule has 0 radical (unpaired) electrons. The van der Waals surface area contributed by atoms with E-state index in [0.717, 1.165) is 13.1 Å². The van der Waals surface area contributed by atoms with Crippen molar-refractivity contribution in [2.24, 2.45) is 0 Å². The van der Waals surface area contributed by atoms with Crippen LogP contribution >= 0.6 is 0 Å². The summed E-state index contributed by atoms with van der Waals surface area (Å²) in [6, 6.07) is -0.113. The molecule has 1 saturated heterocycles. The number of likely N-dealkylation sites (tertiary alicyclic amines) is 1. The highest BCUT2D eigenvalue weighted by molar-refractivity contribution is 5.75. The van der Waals surface area contributed by atoms with E-state index in [2.05, 4.69) is 11.5 Å². The summed E-state index contributed by atoms with van der Waals surface area (Å²) in [5, 5.41) is 0. The molecule has 0 aliphatic carbocycles. The molecule has 3 heteroatoms. The maximum atomic E-state index is 11.5.